The predicted octanol–water partition coefficient (Wildman–Crippen LogP) is 3.03. The molecule has 0 aromatic carbocycles. The fourth-order valence-corrected chi connectivity index (χ4v) is 2.18. The molecule has 4 nitrogen and oxygen atoms in total. The minimum Gasteiger partial charge on any atom is -0.481 e. The van der Waals surface area contributed by atoms with E-state index in [1.807, 2.05) is 6.07 Å². The Morgan fingerprint density at radius 1 is 1.33 bits per heavy atom. The first-order valence-corrected chi connectivity index (χ1v) is 6.10. The van der Waals surface area contributed by atoms with Crippen LogP contribution in [0.25, 0.3) is 0 Å². The maximum Gasteiger partial charge on any atom is 0.227 e. The summed E-state index contributed by atoms with van der Waals surface area (Å²) < 4.78 is 4.97. The number of ether oxygens (including phenoxy) is 1. The highest BCUT2D eigenvalue weighted by Gasteiger charge is 2.20. The standard InChI is InChI=1S/C13H18N2O2.ClH/c1-17-12-8-7-11(9-14-12)15-13(16)10-5-3-2-4-6-10;/h7-10H,2-6H2,1H3,(H,15,16);1H. The number of pyridine rings is 1. The number of nitrogens with zero attached hydrogens (tertiary/aromatic N) is 1. The molecule has 1 saturated carbocycles. The molecule has 5 heteroatoms. The van der Waals surface area contributed by atoms with Gasteiger partial charge >= 0.3 is 0 Å². The van der Waals surface area contributed by atoms with Crippen molar-refractivity contribution in [2.75, 3.05) is 12.4 Å². The van der Waals surface area contributed by atoms with Crippen LogP contribution in [0.4, 0.5) is 5.69 Å². The molecule has 0 radical (unpaired) electrons. The highest BCUT2D eigenvalue weighted by molar-refractivity contribution is 5.92. The number of hydrogen-bond donors (Lipinski definition) is 1. The average Bonchev–Trinajstić information content (AvgIpc) is 2.40. The van der Waals surface area contributed by atoms with Crippen molar-refractivity contribution in [2.45, 2.75) is 32.1 Å². The first-order chi connectivity index (χ1) is 8.29. The van der Waals surface area contributed by atoms with Crippen LogP contribution in [0, 0.1) is 5.92 Å². The van der Waals surface area contributed by atoms with Crippen molar-refractivity contribution in [1.82, 2.24) is 4.98 Å². The van der Waals surface area contributed by atoms with Crippen LogP contribution < -0.4 is 10.1 Å². The highest BCUT2D eigenvalue weighted by Crippen LogP contribution is 2.25. The molecule has 1 fully saturated rings. The predicted molar refractivity (Wildman–Crippen MR) is 73.2 cm³/mol. The molecule has 1 aromatic heterocycles. The lowest BCUT2D eigenvalue weighted by atomic mass is 9.88. The number of nitrogens with one attached hydrogen (secondary N) is 1. The Morgan fingerprint density at radius 3 is 2.61 bits per heavy atom. The molecule has 1 heterocycles. The van der Waals surface area contributed by atoms with Crippen molar-refractivity contribution in [3.05, 3.63) is 18.3 Å². The van der Waals surface area contributed by atoms with Gasteiger partial charge in [0.25, 0.3) is 0 Å². The molecule has 0 unspecified atom stereocenters. The highest BCUT2D eigenvalue weighted by atomic mass is 35.5. The van der Waals surface area contributed by atoms with Gasteiger partial charge in [-0.25, -0.2) is 4.98 Å². The Balaban J connectivity index is 0.00000162. The van der Waals surface area contributed by atoms with Gasteiger partial charge in [0.1, 0.15) is 0 Å². The van der Waals surface area contributed by atoms with Crippen LogP contribution in [0.15, 0.2) is 18.3 Å². The molecule has 1 amide bonds. The molecule has 0 saturated heterocycles. The molecule has 18 heavy (non-hydrogen) atoms. The molecule has 0 aliphatic heterocycles. The van der Waals surface area contributed by atoms with Crippen LogP contribution in [0.5, 0.6) is 5.88 Å². The van der Waals surface area contributed by atoms with Crippen LogP contribution in [-0.4, -0.2) is 18.0 Å². The van der Waals surface area contributed by atoms with Crippen molar-refractivity contribution in [3.8, 4) is 5.88 Å². The molecular weight excluding hydrogens is 252 g/mol. The summed E-state index contributed by atoms with van der Waals surface area (Å²) >= 11 is 0. The second kappa shape index (κ2) is 7.21. The zero-order valence-corrected chi connectivity index (χ0v) is 11.3. The number of anilines is 1. The van der Waals surface area contributed by atoms with Gasteiger partial charge in [-0.05, 0) is 18.9 Å². The maximum absolute atomic E-state index is 12.0. The van der Waals surface area contributed by atoms with E-state index in [0.717, 1.165) is 18.5 Å². The number of carbonyl (C=O) groups is 1. The smallest absolute Gasteiger partial charge is 0.227 e. The zero-order chi connectivity index (χ0) is 12.1. The third-order valence-corrected chi connectivity index (χ3v) is 3.19. The van der Waals surface area contributed by atoms with E-state index in [1.165, 1.54) is 19.3 Å². The van der Waals surface area contributed by atoms with Crippen LogP contribution in [-0.2, 0) is 4.79 Å². The Labute approximate surface area is 114 Å². The van der Waals surface area contributed by atoms with E-state index >= 15 is 0 Å². The Kier molecular flexibility index (Phi) is 5.92. The summed E-state index contributed by atoms with van der Waals surface area (Å²) in [4.78, 5) is 16.0. The number of methoxy groups -OCH3 is 1. The lowest BCUT2D eigenvalue weighted by molar-refractivity contribution is -0.120. The summed E-state index contributed by atoms with van der Waals surface area (Å²) in [6.45, 7) is 0. The third-order valence-electron chi connectivity index (χ3n) is 3.19. The monoisotopic (exact) mass is 270 g/mol. The van der Waals surface area contributed by atoms with Gasteiger partial charge in [-0.15, -0.1) is 12.4 Å². The van der Waals surface area contributed by atoms with Crippen molar-refractivity contribution in [1.29, 1.82) is 0 Å². The Hall–Kier alpha value is -1.29. The van der Waals surface area contributed by atoms with E-state index in [0.29, 0.717) is 5.88 Å². The van der Waals surface area contributed by atoms with Gasteiger partial charge in [-0.3, -0.25) is 4.79 Å². The van der Waals surface area contributed by atoms with Crippen LogP contribution in [0.2, 0.25) is 0 Å². The van der Waals surface area contributed by atoms with Gasteiger partial charge in [0, 0.05) is 12.0 Å². The lowest BCUT2D eigenvalue weighted by Crippen LogP contribution is -2.24. The summed E-state index contributed by atoms with van der Waals surface area (Å²) in [7, 11) is 1.57. The fourth-order valence-electron chi connectivity index (χ4n) is 2.18. The van der Waals surface area contributed by atoms with Gasteiger partial charge in [-0.2, -0.15) is 0 Å². The van der Waals surface area contributed by atoms with Crippen molar-refractivity contribution < 1.29 is 9.53 Å². The number of halogens is 1. The van der Waals surface area contributed by atoms with E-state index in [4.69, 9.17) is 4.74 Å². The first kappa shape index (κ1) is 14.8. The van der Waals surface area contributed by atoms with Crippen LogP contribution in [0.3, 0.4) is 0 Å². The summed E-state index contributed by atoms with van der Waals surface area (Å²) in [6, 6.07) is 3.56. The Bertz CT molecular complexity index is 375. The molecule has 0 bridgehead atoms. The van der Waals surface area contributed by atoms with Gasteiger partial charge < -0.3 is 10.1 Å². The van der Waals surface area contributed by atoms with E-state index in [1.54, 1.807) is 19.4 Å². The van der Waals surface area contributed by atoms with Crippen molar-refractivity contribution in [2.24, 2.45) is 5.92 Å². The fraction of sp³-hybridized carbons (Fsp3) is 0.538. The Morgan fingerprint density at radius 2 is 2.06 bits per heavy atom. The van der Waals surface area contributed by atoms with Crippen molar-refractivity contribution >= 4 is 24.0 Å². The number of carbonyl (C=O) groups excluding carboxylic acids is 1. The number of amides is 1. The lowest BCUT2D eigenvalue weighted by Gasteiger charge is -2.20. The van der Waals surface area contributed by atoms with Gasteiger partial charge in [0.2, 0.25) is 11.8 Å². The quantitative estimate of drug-likeness (QED) is 0.918. The zero-order valence-electron chi connectivity index (χ0n) is 10.5. The van der Waals surface area contributed by atoms with Gasteiger partial charge in [0.15, 0.2) is 0 Å². The van der Waals surface area contributed by atoms with Crippen LogP contribution >= 0.6 is 12.4 Å². The largest absolute Gasteiger partial charge is 0.481 e. The van der Waals surface area contributed by atoms with E-state index in [-0.39, 0.29) is 24.2 Å². The topological polar surface area (TPSA) is 51.2 Å². The molecule has 100 valence electrons. The molecule has 1 aromatic rings. The molecule has 1 aliphatic rings. The number of rotatable bonds is 3. The molecule has 1 N–H and O–H groups in total. The molecule has 2 rings (SSSR count). The maximum atomic E-state index is 12.0. The van der Waals surface area contributed by atoms with E-state index in [9.17, 15) is 4.79 Å². The van der Waals surface area contributed by atoms with Gasteiger partial charge in [-0.1, -0.05) is 19.3 Å². The summed E-state index contributed by atoms with van der Waals surface area (Å²) in [6.07, 6.45) is 7.23. The molecule has 0 atom stereocenters. The third kappa shape index (κ3) is 3.88. The summed E-state index contributed by atoms with van der Waals surface area (Å²) in [5, 5.41) is 2.91. The molecular formula is C13H19ClN2O2. The second-order valence-electron chi connectivity index (χ2n) is 4.41. The average molecular weight is 271 g/mol. The molecule has 0 spiro atoms. The van der Waals surface area contributed by atoms with Crippen LogP contribution in [0.1, 0.15) is 32.1 Å². The normalized spacial score (nSPS) is 15.6. The van der Waals surface area contributed by atoms with E-state index in [2.05, 4.69) is 10.3 Å². The van der Waals surface area contributed by atoms with E-state index < -0.39 is 0 Å². The summed E-state index contributed by atoms with van der Waals surface area (Å²) in [5.74, 6) is 0.850. The second-order valence-corrected chi connectivity index (χ2v) is 4.41. The number of hydrogen-bond acceptors (Lipinski definition) is 3. The van der Waals surface area contributed by atoms with Gasteiger partial charge in [0.05, 0.1) is 19.0 Å². The molecule has 1 aliphatic carbocycles. The van der Waals surface area contributed by atoms with Crippen molar-refractivity contribution in [3.63, 3.8) is 0 Å². The SMILES string of the molecule is COc1ccc(NC(=O)C2CCCCC2)cn1.Cl. The first-order valence-electron chi connectivity index (χ1n) is 6.10. The summed E-state index contributed by atoms with van der Waals surface area (Å²) in [5.41, 5.74) is 0.737. The number of aromatic nitrogens is 1. The minimum absolute atomic E-state index is 0. The minimum atomic E-state index is 0.